The van der Waals surface area contributed by atoms with Crippen molar-refractivity contribution in [2.24, 2.45) is 0 Å². The van der Waals surface area contributed by atoms with Crippen LogP contribution < -0.4 is 4.74 Å². The third kappa shape index (κ3) is 1.23. The van der Waals surface area contributed by atoms with Gasteiger partial charge < -0.3 is 14.7 Å². The lowest BCUT2D eigenvalue weighted by Crippen LogP contribution is -1.85. The van der Waals surface area contributed by atoms with Gasteiger partial charge in [0, 0.05) is 0 Å². The van der Waals surface area contributed by atoms with E-state index in [1.54, 1.807) is 7.11 Å². The summed E-state index contributed by atoms with van der Waals surface area (Å²) in [5, 5.41) is 0. The fourth-order valence-electron chi connectivity index (χ4n) is 1.40. The molecule has 1 heterocycles. The Morgan fingerprint density at radius 1 is 1.23 bits per heavy atom. The van der Waals surface area contributed by atoms with Crippen LogP contribution in [0, 0.1) is 11.7 Å². The molecule has 0 saturated heterocycles. The van der Waals surface area contributed by atoms with Gasteiger partial charge in [-0.2, -0.15) is 0 Å². The predicted molar refractivity (Wildman–Crippen MR) is 54.8 cm³/mol. The summed E-state index contributed by atoms with van der Waals surface area (Å²) in [6.45, 7) is 2.03. The van der Waals surface area contributed by atoms with E-state index in [0.29, 0.717) is 4.77 Å². The van der Waals surface area contributed by atoms with Gasteiger partial charge in [-0.05, 0) is 30.8 Å². The largest absolute Gasteiger partial charge is 0.494 e. The number of benzene rings is 1. The highest BCUT2D eigenvalue weighted by molar-refractivity contribution is 7.71. The Labute approximate surface area is 80.7 Å². The van der Waals surface area contributed by atoms with Crippen LogP contribution in [-0.4, -0.2) is 17.1 Å². The normalized spacial score (nSPS) is 10.6. The number of methoxy groups -OCH3 is 1. The molecule has 13 heavy (non-hydrogen) atoms. The molecule has 0 aliphatic heterocycles. The van der Waals surface area contributed by atoms with E-state index in [4.69, 9.17) is 17.0 Å². The lowest BCUT2D eigenvalue weighted by Gasteiger charge is -2.01. The summed E-state index contributed by atoms with van der Waals surface area (Å²) >= 11 is 5.01. The van der Waals surface area contributed by atoms with Gasteiger partial charge >= 0.3 is 0 Å². The number of hydrogen-bond acceptors (Lipinski definition) is 2. The maximum Gasteiger partial charge on any atom is 0.175 e. The first-order chi connectivity index (χ1) is 6.22. The Bertz CT molecular complexity index is 498. The summed E-state index contributed by atoms with van der Waals surface area (Å²) in [6.07, 6.45) is 0. The van der Waals surface area contributed by atoms with Gasteiger partial charge in [0.05, 0.1) is 12.6 Å². The summed E-state index contributed by atoms with van der Waals surface area (Å²) < 4.78 is 5.83. The van der Waals surface area contributed by atoms with Gasteiger partial charge in [-0.15, -0.1) is 0 Å². The Kier molecular flexibility index (Phi) is 1.84. The number of imidazole rings is 1. The maximum atomic E-state index is 5.20. The van der Waals surface area contributed by atoms with Crippen LogP contribution in [0.3, 0.4) is 0 Å². The first-order valence-electron chi connectivity index (χ1n) is 3.98. The molecule has 1 aromatic carbocycles. The third-order valence-electron chi connectivity index (χ3n) is 2.07. The summed E-state index contributed by atoms with van der Waals surface area (Å²) in [5.74, 6) is 0.813. The van der Waals surface area contributed by atoms with Crippen molar-refractivity contribution in [2.45, 2.75) is 6.92 Å². The molecule has 0 amide bonds. The molecule has 0 bridgehead atoms. The van der Waals surface area contributed by atoms with Crippen molar-refractivity contribution in [3.63, 3.8) is 0 Å². The molecule has 4 heteroatoms. The summed E-state index contributed by atoms with van der Waals surface area (Å²) in [4.78, 5) is 6.13. The summed E-state index contributed by atoms with van der Waals surface area (Å²) in [5.41, 5.74) is 3.11. The first-order valence-corrected chi connectivity index (χ1v) is 4.39. The van der Waals surface area contributed by atoms with Crippen LogP contribution in [0.15, 0.2) is 12.1 Å². The molecule has 0 saturated carbocycles. The quantitative estimate of drug-likeness (QED) is 0.685. The zero-order valence-electron chi connectivity index (χ0n) is 7.47. The number of aryl methyl sites for hydroxylation is 1. The average molecular weight is 194 g/mol. The lowest BCUT2D eigenvalue weighted by molar-refractivity contribution is 0.419. The summed E-state index contributed by atoms with van der Waals surface area (Å²) in [7, 11) is 1.65. The second-order valence-corrected chi connectivity index (χ2v) is 3.32. The van der Waals surface area contributed by atoms with Gasteiger partial charge in [-0.25, -0.2) is 0 Å². The monoisotopic (exact) mass is 194 g/mol. The highest BCUT2D eigenvalue weighted by Gasteiger charge is 2.05. The maximum absolute atomic E-state index is 5.20. The first kappa shape index (κ1) is 8.31. The Balaban J connectivity index is 2.91. The second kappa shape index (κ2) is 2.88. The van der Waals surface area contributed by atoms with Crippen molar-refractivity contribution < 1.29 is 4.74 Å². The smallest absolute Gasteiger partial charge is 0.175 e. The predicted octanol–water partition coefficient (Wildman–Crippen LogP) is 2.54. The molecule has 0 aliphatic rings. The molecule has 68 valence electrons. The van der Waals surface area contributed by atoms with Gasteiger partial charge in [-0.1, -0.05) is 6.07 Å². The second-order valence-electron chi connectivity index (χ2n) is 2.91. The molecular formula is C9H10N2OS. The minimum Gasteiger partial charge on any atom is -0.494 e. The van der Waals surface area contributed by atoms with Crippen LogP contribution in [0.1, 0.15) is 5.56 Å². The van der Waals surface area contributed by atoms with E-state index >= 15 is 0 Å². The van der Waals surface area contributed by atoms with E-state index in [-0.39, 0.29) is 0 Å². The van der Waals surface area contributed by atoms with Crippen molar-refractivity contribution in [1.82, 2.24) is 9.97 Å². The standard InChI is InChI=1S/C9H10N2OS/c1-5-3-4-6(12-2)8-7(5)10-9(13)11-8/h3-4H,1-2H3,(H2,10,11,13). The molecule has 0 unspecified atom stereocenters. The highest BCUT2D eigenvalue weighted by atomic mass is 32.1. The fourth-order valence-corrected chi connectivity index (χ4v) is 1.61. The number of hydrogen-bond donors (Lipinski definition) is 2. The highest BCUT2D eigenvalue weighted by Crippen LogP contribution is 2.24. The zero-order chi connectivity index (χ0) is 9.42. The Hall–Kier alpha value is -1.29. The summed E-state index contributed by atoms with van der Waals surface area (Å²) in [6, 6.07) is 3.93. The van der Waals surface area contributed by atoms with Gasteiger partial charge in [0.1, 0.15) is 11.3 Å². The SMILES string of the molecule is COc1ccc(C)c2[nH]c(=S)[nH]c12. The molecule has 0 atom stereocenters. The van der Waals surface area contributed by atoms with E-state index in [1.807, 2.05) is 19.1 Å². The van der Waals surface area contributed by atoms with E-state index in [1.165, 1.54) is 0 Å². The van der Waals surface area contributed by atoms with E-state index in [2.05, 4.69) is 9.97 Å². The Morgan fingerprint density at radius 3 is 2.62 bits per heavy atom. The molecule has 0 fully saturated rings. The minimum absolute atomic E-state index is 0.627. The minimum atomic E-state index is 0.627. The number of ether oxygens (including phenoxy) is 1. The van der Waals surface area contributed by atoms with Gasteiger partial charge in [0.15, 0.2) is 4.77 Å². The molecule has 0 radical (unpaired) electrons. The number of rotatable bonds is 1. The van der Waals surface area contributed by atoms with Crippen LogP contribution in [-0.2, 0) is 0 Å². The number of aromatic amines is 2. The molecule has 0 aliphatic carbocycles. The molecule has 3 nitrogen and oxygen atoms in total. The van der Waals surface area contributed by atoms with Crippen LogP contribution in [0.25, 0.3) is 11.0 Å². The fraction of sp³-hybridized carbons (Fsp3) is 0.222. The van der Waals surface area contributed by atoms with Crippen LogP contribution >= 0.6 is 12.2 Å². The molecule has 0 spiro atoms. The average Bonchev–Trinajstić information content (AvgIpc) is 2.48. The third-order valence-corrected chi connectivity index (χ3v) is 2.28. The molecule has 1 aromatic heterocycles. The van der Waals surface area contributed by atoms with Crippen molar-refractivity contribution in [2.75, 3.05) is 7.11 Å². The molecule has 2 aromatic rings. The number of aromatic nitrogens is 2. The number of fused-ring (bicyclic) bond motifs is 1. The Morgan fingerprint density at radius 2 is 1.92 bits per heavy atom. The van der Waals surface area contributed by atoms with Crippen molar-refractivity contribution in [3.8, 4) is 5.75 Å². The van der Waals surface area contributed by atoms with E-state index in [0.717, 1.165) is 22.3 Å². The van der Waals surface area contributed by atoms with Crippen molar-refractivity contribution in [3.05, 3.63) is 22.5 Å². The molecule has 2 N–H and O–H groups in total. The van der Waals surface area contributed by atoms with Crippen LogP contribution in [0.4, 0.5) is 0 Å². The lowest BCUT2D eigenvalue weighted by atomic mass is 10.2. The van der Waals surface area contributed by atoms with Crippen molar-refractivity contribution >= 4 is 23.3 Å². The van der Waals surface area contributed by atoms with Crippen molar-refractivity contribution in [1.29, 1.82) is 0 Å². The molecular weight excluding hydrogens is 184 g/mol. The topological polar surface area (TPSA) is 40.8 Å². The van der Waals surface area contributed by atoms with Gasteiger partial charge in [0.2, 0.25) is 0 Å². The van der Waals surface area contributed by atoms with E-state index in [9.17, 15) is 0 Å². The van der Waals surface area contributed by atoms with Crippen LogP contribution in [0.5, 0.6) is 5.75 Å². The number of H-pyrrole nitrogens is 2. The van der Waals surface area contributed by atoms with Crippen LogP contribution in [0.2, 0.25) is 0 Å². The number of nitrogens with one attached hydrogen (secondary N) is 2. The zero-order valence-corrected chi connectivity index (χ0v) is 8.29. The van der Waals surface area contributed by atoms with Gasteiger partial charge in [-0.3, -0.25) is 0 Å². The van der Waals surface area contributed by atoms with Gasteiger partial charge in [0.25, 0.3) is 0 Å². The molecule has 2 rings (SSSR count). The van der Waals surface area contributed by atoms with E-state index < -0.39 is 0 Å².